The van der Waals surface area contributed by atoms with E-state index in [-0.39, 0.29) is 5.91 Å². The Morgan fingerprint density at radius 2 is 2.26 bits per heavy atom. The molecule has 0 bridgehead atoms. The highest BCUT2D eigenvalue weighted by Gasteiger charge is 2.18. The maximum Gasteiger partial charge on any atom is 0.226 e. The van der Waals surface area contributed by atoms with Gasteiger partial charge in [-0.1, -0.05) is 6.07 Å². The lowest BCUT2D eigenvalue weighted by Crippen LogP contribution is -2.14. The lowest BCUT2D eigenvalue weighted by atomic mass is 9.97. The minimum Gasteiger partial charge on any atom is -0.381 e. The molecule has 4 heterocycles. The lowest BCUT2D eigenvalue weighted by Gasteiger charge is -2.20. The minimum absolute atomic E-state index is 0.0115. The number of rotatable bonds is 7. The molecule has 1 amide bonds. The van der Waals surface area contributed by atoms with E-state index in [1.54, 1.807) is 11.8 Å². The Hall–Kier alpha value is -2.32. The zero-order valence-corrected chi connectivity index (χ0v) is 15.9. The molecule has 4 rings (SSSR count). The molecule has 1 aliphatic heterocycles. The van der Waals surface area contributed by atoms with Crippen LogP contribution in [0.5, 0.6) is 0 Å². The summed E-state index contributed by atoms with van der Waals surface area (Å²) in [5.74, 6) is 2.58. The number of thioether (sulfide) groups is 1. The van der Waals surface area contributed by atoms with E-state index < -0.39 is 0 Å². The molecule has 142 valence electrons. The Kier molecular flexibility index (Phi) is 5.74. The van der Waals surface area contributed by atoms with E-state index >= 15 is 0 Å². The SMILES string of the molecule is O=C(CCSCc1cn2ccccc2n1)Nc1cc(C2CCOCC2)[nH]n1. The van der Waals surface area contributed by atoms with Crippen molar-refractivity contribution in [1.82, 2.24) is 19.6 Å². The van der Waals surface area contributed by atoms with Gasteiger partial charge in [0.25, 0.3) is 0 Å². The van der Waals surface area contributed by atoms with Crippen molar-refractivity contribution in [3.05, 3.63) is 48.0 Å². The van der Waals surface area contributed by atoms with Crippen molar-refractivity contribution in [1.29, 1.82) is 0 Å². The number of hydrogen-bond acceptors (Lipinski definition) is 5. The predicted octanol–water partition coefficient (Wildman–Crippen LogP) is 3.21. The van der Waals surface area contributed by atoms with Gasteiger partial charge in [0.2, 0.25) is 5.91 Å². The second kappa shape index (κ2) is 8.58. The van der Waals surface area contributed by atoms with Crippen LogP contribution in [-0.4, -0.2) is 44.5 Å². The highest BCUT2D eigenvalue weighted by atomic mass is 32.2. The molecule has 3 aromatic rings. The third-order valence-corrected chi connectivity index (χ3v) is 5.66. The number of imidazole rings is 1. The zero-order valence-electron chi connectivity index (χ0n) is 15.1. The topological polar surface area (TPSA) is 84.3 Å². The molecule has 0 atom stereocenters. The number of aromatic nitrogens is 4. The Morgan fingerprint density at radius 3 is 3.11 bits per heavy atom. The number of anilines is 1. The molecule has 2 N–H and O–H groups in total. The maximum absolute atomic E-state index is 12.1. The first-order valence-corrected chi connectivity index (χ1v) is 10.4. The van der Waals surface area contributed by atoms with Crippen molar-refractivity contribution in [2.24, 2.45) is 0 Å². The van der Waals surface area contributed by atoms with Gasteiger partial charge in [-0.25, -0.2) is 4.98 Å². The highest BCUT2D eigenvalue weighted by molar-refractivity contribution is 7.98. The molecule has 27 heavy (non-hydrogen) atoms. The Labute approximate surface area is 161 Å². The first-order chi connectivity index (χ1) is 13.3. The summed E-state index contributed by atoms with van der Waals surface area (Å²) in [5, 5.41) is 10.1. The largest absolute Gasteiger partial charge is 0.381 e. The molecule has 7 nitrogen and oxygen atoms in total. The zero-order chi connectivity index (χ0) is 18.5. The molecule has 1 saturated heterocycles. The Balaban J connectivity index is 1.20. The summed E-state index contributed by atoms with van der Waals surface area (Å²) >= 11 is 1.71. The van der Waals surface area contributed by atoms with Gasteiger partial charge < -0.3 is 14.5 Å². The third-order valence-electron chi connectivity index (χ3n) is 4.66. The number of carbonyl (C=O) groups excluding carboxylic acids is 1. The smallest absolute Gasteiger partial charge is 0.226 e. The second-order valence-electron chi connectivity index (χ2n) is 6.64. The van der Waals surface area contributed by atoms with Gasteiger partial charge in [-0.05, 0) is 25.0 Å². The molecule has 0 saturated carbocycles. The Bertz CT molecular complexity index is 867. The van der Waals surface area contributed by atoms with Crippen molar-refractivity contribution in [2.75, 3.05) is 24.3 Å². The number of nitrogens with one attached hydrogen (secondary N) is 2. The summed E-state index contributed by atoms with van der Waals surface area (Å²) in [6.45, 7) is 1.57. The van der Waals surface area contributed by atoms with E-state index in [2.05, 4.69) is 20.5 Å². The number of pyridine rings is 1. The molecule has 0 aromatic carbocycles. The van der Waals surface area contributed by atoms with Crippen LogP contribution in [0.2, 0.25) is 0 Å². The summed E-state index contributed by atoms with van der Waals surface area (Å²) in [7, 11) is 0. The molecule has 1 aliphatic rings. The fraction of sp³-hybridized carbons (Fsp3) is 0.421. The van der Waals surface area contributed by atoms with Crippen molar-refractivity contribution in [3.8, 4) is 0 Å². The number of fused-ring (bicyclic) bond motifs is 1. The van der Waals surface area contributed by atoms with Crippen LogP contribution in [-0.2, 0) is 15.3 Å². The molecular weight excluding hydrogens is 362 g/mol. The maximum atomic E-state index is 12.1. The van der Waals surface area contributed by atoms with Crippen LogP contribution in [0, 0.1) is 0 Å². The van der Waals surface area contributed by atoms with Crippen LogP contribution in [0.1, 0.15) is 36.6 Å². The fourth-order valence-electron chi connectivity index (χ4n) is 3.22. The molecule has 0 unspecified atom stereocenters. The standard InChI is InChI=1S/C19H23N5O2S/c25-19(21-17-11-16(22-23-17)14-4-8-26-9-5-14)6-10-27-13-15-12-24-7-2-1-3-18(24)20-15/h1-3,7,11-12,14H,4-6,8-10,13H2,(H2,21,22,23,25). The van der Waals surface area contributed by atoms with E-state index in [9.17, 15) is 4.79 Å². The summed E-state index contributed by atoms with van der Waals surface area (Å²) < 4.78 is 7.39. The summed E-state index contributed by atoms with van der Waals surface area (Å²) in [6.07, 6.45) is 6.47. The quantitative estimate of drug-likeness (QED) is 0.610. The van der Waals surface area contributed by atoms with Crippen LogP contribution >= 0.6 is 11.8 Å². The normalized spacial score (nSPS) is 15.3. The highest BCUT2D eigenvalue weighted by Crippen LogP contribution is 2.26. The number of aromatic amines is 1. The summed E-state index contributed by atoms with van der Waals surface area (Å²) in [4.78, 5) is 16.7. The first-order valence-electron chi connectivity index (χ1n) is 9.21. The second-order valence-corrected chi connectivity index (χ2v) is 7.75. The Morgan fingerprint density at radius 1 is 1.37 bits per heavy atom. The van der Waals surface area contributed by atoms with Crippen LogP contribution < -0.4 is 5.32 Å². The number of H-pyrrole nitrogens is 1. The van der Waals surface area contributed by atoms with E-state index in [0.29, 0.717) is 18.2 Å². The van der Waals surface area contributed by atoms with Gasteiger partial charge in [0.05, 0.1) is 5.69 Å². The van der Waals surface area contributed by atoms with Gasteiger partial charge in [0, 0.05) is 61.2 Å². The van der Waals surface area contributed by atoms with Gasteiger partial charge in [0.1, 0.15) is 5.65 Å². The monoisotopic (exact) mass is 385 g/mol. The van der Waals surface area contributed by atoms with Gasteiger partial charge in [-0.2, -0.15) is 16.9 Å². The van der Waals surface area contributed by atoms with Crippen LogP contribution in [0.25, 0.3) is 5.65 Å². The summed E-state index contributed by atoms with van der Waals surface area (Å²) in [6, 6.07) is 7.89. The van der Waals surface area contributed by atoms with Crippen molar-refractivity contribution in [3.63, 3.8) is 0 Å². The number of amides is 1. The molecule has 8 heteroatoms. The number of hydrogen-bond donors (Lipinski definition) is 2. The fourth-order valence-corrected chi connectivity index (χ4v) is 4.04. The predicted molar refractivity (Wildman–Crippen MR) is 106 cm³/mol. The lowest BCUT2D eigenvalue weighted by molar-refractivity contribution is -0.115. The minimum atomic E-state index is -0.0115. The molecule has 1 fully saturated rings. The van der Waals surface area contributed by atoms with Crippen LogP contribution in [0.4, 0.5) is 5.82 Å². The number of ether oxygens (including phenoxy) is 1. The molecular formula is C19H23N5O2S. The van der Waals surface area contributed by atoms with Gasteiger partial charge in [0.15, 0.2) is 5.82 Å². The van der Waals surface area contributed by atoms with Gasteiger partial charge in [-0.3, -0.25) is 9.89 Å². The summed E-state index contributed by atoms with van der Waals surface area (Å²) in [5.41, 5.74) is 3.06. The molecule has 0 aliphatic carbocycles. The van der Waals surface area contributed by atoms with Crippen LogP contribution in [0.15, 0.2) is 36.7 Å². The van der Waals surface area contributed by atoms with Gasteiger partial charge >= 0.3 is 0 Å². The van der Waals surface area contributed by atoms with E-state index in [1.165, 1.54) is 0 Å². The number of nitrogens with zero attached hydrogens (tertiary/aromatic N) is 3. The van der Waals surface area contributed by atoms with Crippen LogP contribution in [0.3, 0.4) is 0 Å². The van der Waals surface area contributed by atoms with Crippen molar-refractivity contribution < 1.29 is 9.53 Å². The molecule has 0 radical (unpaired) electrons. The number of carbonyl (C=O) groups is 1. The van der Waals surface area contributed by atoms with Gasteiger partial charge in [-0.15, -0.1) is 0 Å². The average Bonchev–Trinajstić information content (AvgIpc) is 3.32. The third kappa shape index (κ3) is 4.70. The molecule has 0 spiro atoms. The van der Waals surface area contributed by atoms with Crippen molar-refractivity contribution in [2.45, 2.75) is 30.9 Å². The van der Waals surface area contributed by atoms with E-state index in [0.717, 1.165) is 54.6 Å². The first kappa shape index (κ1) is 18.1. The van der Waals surface area contributed by atoms with E-state index in [4.69, 9.17) is 4.74 Å². The van der Waals surface area contributed by atoms with E-state index in [1.807, 2.05) is 41.1 Å². The average molecular weight is 385 g/mol. The molecule has 3 aromatic heterocycles. The van der Waals surface area contributed by atoms with Crippen molar-refractivity contribution >= 4 is 29.1 Å².